The van der Waals surface area contributed by atoms with Crippen LogP contribution in [0.25, 0.3) is 4.96 Å². The molecule has 116 valence electrons. The molecule has 1 atom stereocenters. The summed E-state index contributed by atoms with van der Waals surface area (Å²) < 4.78 is 29.1. The molecule has 2 aromatic heterocycles. The molecule has 1 unspecified atom stereocenters. The van der Waals surface area contributed by atoms with Crippen LogP contribution in [0.15, 0.2) is 16.6 Å². The maximum atomic E-state index is 13.0. The van der Waals surface area contributed by atoms with E-state index in [1.54, 1.807) is 16.0 Å². The number of nitrogens with one attached hydrogen (secondary N) is 1. The van der Waals surface area contributed by atoms with Crippen LogP contribution in [0.4, 0.5) is 5.82 Å². The minimum Gasteiger partial charge on any atom is -0.306 e. The van der Waals surface area contributed by atoms with E-state index >= 15 is 0 Å². The van der Waals surface area contributed by atoms with Crippen LogP contribution >= 0.6 is 11.3 Å². The van der Waals surface area contributed by atoms with Crippen molar-refractivity contribution in [1.82, 2.24) is 18.6 Å². The first-order chi connectivity index (χ1) is 9.95. The van der Waals surface area contributed by atoms with E-state index in [0.29, 0.717) is 24.6 Å². The van der Waals surface area contributed by atoms with Crippen LogP contribution in [0.5, 0.6) is 0 Å². The lowest BCUT2D eigenvalue weighted by atomic mass is 10.2. The standard InChI is InChI=1S/C11H18N6O2S2/c1-8-7-15(2)3-4-17(8)21(18,19)10-9(14-12)13-11-16(10)5-6-20-11/h5-6,8,14H,3-4,7,12H2,1-2H3. The largest absolute Gasteiger partial charge is 0.306 e. The van der Waals surface area contributed by atoms with Gasteiger partial charge in [0.25, 0.3) is 10.0 Å². The summed E-state index contributed by atoms with van der Waals surface area (Å²) in [6, 6.07) is -0.0939. The molecule has 0 amide bonds. The fourth-order valence-electron chi connectivity index (χ4n) is 2.70. The van der Waals surface area contributed by atoms with Gasteiger partial charge in [0.1, 0.15) is 0 Å². The van der Waals surface area contributed by atoms with Gasteiger partial charge in [-0.05, 0) is 14.0 Å². The van der Waals surface area contributed by atoms with Gasteiger partial charge in [-0.3, -0.25) is 4.40 Å². The first kappa shape index (κ1) is 14.7. The highest BCUT2D eigenvalue weighted by molar-refractivity contribution is 7.89. The molecular weight excluding hydrogens is 312 g/mol. The molecule has 3 heterocycles. The number of rotatable bonds is 3. The molecule has 8 nitrogen and oxygen atoms in total. The van der Waals surface area contributed by atoms with Crippen LogP contribution in [-0.2, 0) is 10.0 Å². The third-order valence-corrected chi connectivity index (χ3v) is 6.47. The van der Waals surface area contributed by atoms with Crippen LogP contribution < -0.4 is 11.3 Å². The second-order valence-electron chi connectivity index (χ2n) is 5.19. The Morgan fingerprint density at radius 3 is 2.90 bits per heavy atom. The van der Waals surface area contributed by atoms with Gasteiger partial charge < -0.3 is 10.3 Å². The number of hydrazine groups is 1. The minimum absolute atomic E-state index is 0.0939. The van der Waals surface area contributed by atoms with Crippen molar-refractivity contribution < 1.29 is 8.42 Å². The van der Waals surface area contributed by atoms with Crippen molar-refractivity contribution in [3.8, 4) is 0 Å². The van der Waals surface area contributed by atoms with Crippen LogP contribution in [-0.4, -0.2) is 59.7 Å². The van der Waals surface area contributed by atoms with E-state index in [9.17, 15) is 8.42 Å². The van der Waals surface area contributed by atoms with Gasteiger partial charge in [-0.25, -0.2) is 14.3 Å². The van der Waals surface area contributed by atoms with Gasteiger partial charge in [-0.1, -0.05) is 0 Å². The van der Waals surface area contributed by atoms with E-state index in [-0.39, 0.29) is 16.9 Å². The highest BCUT2D eigenvalue weighted by Crippen LogP contribution is 2.29. The Morgan fingerprint density at radius 2 is 2.24 bits per heavy atom. The number of thiazole rings is 1. The van der Waals surface area contributed by atoms with Gasteiger partial charge >= 0.3 is 0 Å². The normalized spacial score (nSPS) is 22.0. The van der Waals surface area contributed by atoms with Crippen molar-refractivity contribution in [3.05, 3.63) is 11.6 Å². The molecule has 2 aromatic rings. The third kappa shape index (κ3) is 2.32. The minimum atomic E-state index is -3.66. The molecule has 1 saturated heterocycles. The molecule has 1 aliphatic heterocycles. The molecule has 1 aliphatic rings. The summed E-state index contributed by atoms with van der Waals surface area (Å²) in [6.07, 6.45) is 1.70. The summed E-state index contributed by atoms with van der Waals surface area (Å²) in [5, 5.41) is 1.91. The predicted molar refractivity (Wildman–Crippen MR) is 81.7 cm³/mol. The summed E-state index contributed by atoms with van der Waals surface area (Å²) in [7, 11) is -1.67. The Balaban J connectivity index is 2.09. The third-order valence-electron chi connectivity index (χ3n) is 3.68. The van der Waals surface area contributed by atoms with Gasteiger partial charge in [0.05, 0.1) is 0 Å². The summed E-state index contributed by atoms with van der Waals surface area (Å²) in [5.41, 5.74) is 2.40. The first-order valence-corrected chi connectivity index (χ1v) is 8.89. The highest BCUT2D eigenvalue weighted by atomic mass is 32.2. The SMILES string of the molecule is CC1CN(C)CCN1S(=O)(=O)c1c(NN)nc2sccn12. The second kappa shape index (κ2) is 5.21. The van der Waals surface area contributed by atoms with Crippen LogP contribution in [0.3, 0.4) is 0 Å². The van der Waals surface area contributed by atoms with Gasteiger partial charge in [-0.15, -0.1) is 11.3 Å². The van der Waals surface area contributed by atoms with Crippen LogP contribution in [0.1, 0.15) is 6.92 Å². The molecule has 0 radical (unpaired) electrons. The van der Waals surface area contributed by atoms with Gasteiger partial charge in [0.2, 0.25) is 5.03 Å². The average Bonchev–Trinajstić information content (AvgIpc) is 2.96. The van der Waals surface area contributed by atoms with E-state index in [2.05, 4.69) is 15.3 Å². The number of likely N-dealkylation sites (N-methyl/N-ethyl adjacent to an activating group) is 1. The monoisotopic (exact) mass is 330 g/mol. The average molecular weight is 330 g/mol. The van der Waals surface area contributed by atoms with E-state index in [4.69, 9.17) is 5.84 Å². The molecule has 10 heteroatoms. The lowest BCUT2D eigenvalue weighted by molar-refractivity contribution is 0.170. The lowest BCUT2D eigenvalue weighted by Gasteiger charge is -2.36. The number of anilines is 1. The summed E-state index contributed by atoms with van der Waals surface area (Å²) >= 11 is 1.37. The topological polar surface area (TPSA) is 96.0 Å². The predicted octanol–water partition coefficient (Wildman–Crippen LogP) is 0.00600. The van der Waals surface area contributed by atoms with E-state index in [1.165, 1.54) is 15.6 Å². The molecule has 21 heavy (non-hydrogen) atoms. The number of nitrogens with zero attached hydrogens (tertiary/aromatic N) is 4. The Kier molecular flexibility index (Phi) is 3.66. The van der Waals surface area contributed by atoms with E-state index in [1.807, 2.05) is 14.0 Å². The van der Waals surface area contributed by atoms with E-state index in [0.717, 1.165) is 0 Å². The van der Waals surface area contributed by atoms with Crippen molar-refractivity contribution in [2.24, 2.45) is 5.84 Å². The van der Waals surface area contributed by atoms with Crippen LogP contribution in [0.2, 0.25) is 0 Å². The fraction of sp³-hybridized carbons (Fsp3) is 0.545. The Labute approximate surface area is 127 Å². The number of hydrogen-bond acceptors (Lipinski definition) is 7. The number of hydrogen-bond donors (Lipinski definition) is 2. The zero-order valence-corrected chi connectivity index (χ0v) is 13.5. The number of fused-ring (bicyclic) bond motifs is 1. The van der Waals surface area contributed by atoms with Crippen molar-refractivity contribution in [1.29, 1.82) is 0 Å². The van der Waals surface area contributed by atoms with Crippen molar-refractivity contribution in [2.75, 3.05) is 32.1 Å². The van der Waals surface area contributed by atoms with Crippen molar-refractivity contribution >= 4 is 32.1 Å². The number of nitrogens with two attached hydrogens (primary N) is 1. The fourth-order valence-corrected chi connectivity index (χ4v) is 5.30. The Bertz CT molecular complexity index is 752. The highest BCUT2D eigenvalue weighted by Gasteiger charge is 2.37. The van der Waals surface area contributed by atoms with Crippen molar-refractivity contribution in [3.63, 3.8) is 0 Å². The number of sulfonamides is 1. The molecule has 0 aromatic carbocycles. The zero-order chi connectivity index (χ0) is 15.2. The number of imidazole rings is 1. The Hall–Kier alpha value is -1.20. The second-order valence-corrected chi connectivity index (χ2v) is 7.87. The molecule has 0 spiro atoms. The molecule has 0 saturated carbocycles. The van der Waals surface area contributed by atoms with Crippen LogP contribution in [0, 0.1) is 0 Å². The zero-order valence-electron chi connectivity index (χ0n) is 11.9. The number of aromatic nitrogens is 2. The number of piperazine rings is 1. The van der Waals surface area contributed by atoms with Gasteiger partial charge in [0, 0.05) is 37.3 Å². The van der Waals surface area contributed by atoms with Gasteiger partial charge in [-0.2, -0.15) is 9.29 Å². The maximum absolute atomic E-state index is 13.0. The molecule has 0 bridgehead atoms. The van der Waals surface area contributed by atoms with E-state index < -0.39 is 10.0 Å². The molecule has 0 aliphatic carbocycles. The molecular formula is C11H18N6O2S2. The Morgan fingerprint density at radius 1 is 1.48 bits per heavy atom. The molecule has 3 rings (SSSR count). The van der Waals surface area contributed by atoms with Crippen molar-refractivity contribution in [2.45, 2.75) is 18.0 Å². The summed E-state index contributed by atoms with van der Waals surface area (Å²) in [5.74, 6) is 5.63. The number of nitrogen functional groups attached to an aromatic ring is 1. The first-order valence-electron chi connectivity index (χ1n) is 6.57. The quantitative estimate of drug-likeness (QED) is 0.608. The maximum Gasteiger partial charge on any atom is 0.263 e. The summed E-state index contributed by atoms with van der Waals surface area (Å²) in [6.45, 7) is 3.78. The lowest BCUT2D eigenvalue weighted by Crippen LogP contribution is -2.52. The summed E-state index contributed by atoms with van der Waals surface area (Å²) in [4.78, 5) is 6.94. The molecule has 3 N–H and O–H groups in total. The molecule has 1 fully saturated rings. The smallest absolute Gasteiger partial charge is 0.263 e. The van der Waals surface area contributed by atoms with Gasteiger partial charge in [0.15, 0.2) is 10.8 Å².